The van der Waals surface area contributed by atoms with Crippen molar-refractivity contribution in [3.63, 3.8) is 0 Å². The van der Waals surface area contributed by atoms with Gasteiger partial charge in [-0.15, -0.1) is 0 Å². The SMILES string of the molecule is C=C1c2cc(OC)c(OC)cc2CCN1C(=O)C=Cc1ccccc1Cl. The molecule has 0 spiro atoms. The number of nitrogens with zero attached hydrogens (tertiary/aromatic N) is 1. The third-order valence-electron chi connectivity index (χ3n) is 4.43. The number of carbonyl (C=O) groups is 1. The average molecular weight is 370 g/mol. The number of rotatable bonds is 4. The van der Waals surface area contributed by atoms with Crippen LogP contribution in [0.1, 0.15) is 16.7 Å². The summed E-state index contributed by atoms with van der Waals surface area (Å²) in [7, 11) is 3.20. The summed E-state index contributed by atoms with van der Waals surface area (Å²) in [6.45, 7) is 4.67. The first-order valence-corrected chi connectivity index (χ1v) is 8.61. The Labute approximate surface area is 158 Å². The van der Waals surface area contributed by atoms with E-state index in [4.69, 9.17) is 21.1 Å². The molecule has 26 heavy (non-hydrogen) atoms. The maximum Gasteiger partial charge on any atom is 0.251 e. The van der Waals surface area contributed by atoms with Crippen LogP contribution in [0.25, 0.3) is 11.8 Å². The van der Waals surface area contributed by atoms with Crippen LogP contribution in [0.2, 0.25) is 5.02 Å². The summed E-state index contributed by atoms with van der Waals surface area (Å²) in [5.74, 6) is 1.17. The molecule has 0 unspecified atom stereocenters. The second-order valence-electron chi connectivity index (χ2n) is 5.91. The molecule has 0 atom stereocenters. The van der Waals surface area contributed by atoms with Gasteiger partial charge < -0.3 is 14.4 Å². The van der Waals surface area contributed by atoms with Gasteiger partial charge in [-0.1, -0.05) is 36.4 Å². The lowest BCUT2D eigenvalue weighted by Gasteiger charge is -2.30. The lowest BCUT2D eigenvalue weighted by Crippen LogP contribution is -2.33. The molecule has 1 aliphatic heterocycles. The van der Waals surface area contributed by atoms with Crippen LogP contribution in [0.5, 0.6) is 11.5 Å². The number of halogens is 1. The van der Waals surface area contributed by atoms with Gasteiger partial charge in [-0.2, -0.15) is 0 Å². The monoisotopic (exact) mass is 369 g/mol. The molecular weight excluding hydrogens is 350 g/mol. The fourth-order valence-electron chi connectivity index (χ4n) is 3.01. The largest absolute Gasteiger partial charge is 0.493 e. The predicted octanol–water partition coefficient (Wildman–Crippen LogP) is 4.43. The number of fused-ring (bicyclic) bond motifs is 1. The molecular formula is C21H20ClNO3. The van der Waals surface area contributed by atoms with E-state index in [0.29, 0.717) is 28.8 Å². The number of hydrogen-bond donors (Lipinski definition) is 0. The second-order valence-corrected chi connectivity index (χ2v) is 6.31. The Balaban J connectivity index is 1.84. The molecule has 1 heterocycles. The van der Waals surface area contributed by atoms with Gasteiger partial charge in [0.25, 0.3) is 5.91 Å². The Morgan fingerprint density at radius 3 is 2.58 bits per heavy atom. The molecule has 134 valence electrons. The second kappa shape index (κ2) is 7.67. The van der Waals surface area contributed by atoms with Crippen LogP contribution in [-0.2, 0) is 11.2 Å². The Bertz CT molecular complexity index is 889. The van der Waals surface area contributed by atoms with Crippen molar-refractivity contribution in [3.8, 4) is 11.5 Å². The summed E-state index contributed by atoms with van der Waals surface area (Å²) in [6.07, 6.45) is 3.97. The molecule has 0 aromatic heterocycles. The van der Waals surface area contributed by atoms with E-state index in [0.717, 1.165) is 23.1 Å². The molecule has 0 aliphatic carbocycles. The van der Waals surface area contributed by atoms with E-state index in [-0.39, 0.29) is 5.91 Å². The van der Waals surface area contributed by atoms with Gasteiger partial charge in [0, 0.05) is 28.9 Å². The van der Waals surface area contributed by atoms with Crippen molar-refractivity contribution < 1.29 is 14.3 Å². The van der Waals surface area contributed by atoms with Crippen LogP contribution in [0.4, 0.5) is 0 Å². The van der Waals surface area contributed by atoms with Crippen LogP contribution in [0.15, 0.2) is 49.1 Å². The summed E-state index contributed by atoms with van der Waals surface area (Å²) < 4.78 is 10.7. The van der Waals surface area contributed by atoms with Crippen molar-refractivity contribution >= 4 is 29.3 Å². The number of methoxy groups -OCH3 is 2. The van der Waals surface area contributed by atoms with Crippen molar-refractivity contribution in [2.24, 2.45) is 0 Å². The Kier molecular flexibility index (Phi) is 5.33. The third-order valence-corrected chi connectivity index (χ3v) is 4.77. The minimum atomic E-state index is -0.129. The van der Waals surface area contributed by atoms with E-state index in [1.165, 1.54) is 6.08 Å². The summed E-state index contributed by atoms with van der Waals surface area (Å²) in [6, 6.07) is 11.2. The van der Waals surface area contributed by atoms with Crippen LogP contribution in [0.3, 0.4) is 0 Å². The molecule has 0 radical (unpaired) electrons. The summed E-state index contributed by atoms with van der Waals surface area (Å²) in [5, 5.41) is 0.608. The molecule has 4 nitrogen and oxygen atoms in total. The molecule has 0 fully saturated rings. The summed E-state index contributed by atoms with van der Waals surface area (Å²) >= 11 is 6.13. The molecule has 2 aromatic carbocycles. The van der Waals surface area contributed by atoms with Gasteiger partial charge in [-0.05, 0) is 41.8 Å². The zero-order valence-corrected chi connectivity index (χ0v) is 15.5. The summed E-state index contributed by atoms with van der Waals surface area (Å²) in [5.41, 5.74) is 3.44. The fraction of sp³-hybridized carbons (Fsp3) is 0.190. The third kappa shape index (κ3) is 3.46. The van der Waals surface area contributed by atoms with E-state index in [2.05, 4.69) is 6.58 Å². The molecule has 0 N–H and O–H groups in total. The van der Waals surface area contributed by atoms with Crippen LogP contribution in [-0.4, -0.2) is 31.6 Å². The highest BCUT2D eigenvalue weighted by Crippen LogP contribution is 2.37. The molecule has 3 rings (SSSR count). The highest BCUT2D eigenvalue weighted by atomic mass is 35.5. The van der Waals surface area contributed by atoms with E-state index in [9.17, 15) is 4.79 Å². The normalized spacial score (nSPS) is 13.7. The number of amides is 1. The van der Waals surface area contributed by atoms with Gasteiger partial charge >= 0.3 is 0 Å². The lowest BCUT2D eigenvalue weighted by atomic mass is 9.96. The highest BCUT2D eigenvalue weighted by Gasteiger charge is 2.25. The average Bonchev–Trinajstić information content (AvgIpc) is 2.66. The van der Waals surface area contributed by atoms with Crippen LogP contribution in [0, 0.1) is 0 Å². The van der Waals surface area contributed by atoms with E-state index in [1.54, 1.807) is 31.3 Å². The molecule has 0 bridgehead atoms. The molecule has 0 saturated carbocycles. The summed E-state index contributed by atoms with van der Waals surface area (Å²) in [4.78, 5) is 14.3. The molecule has 2 aromatic rings. The molecule has 1 aliphatic rings. The minimum Gasteiger partial charge on any atom is -0.493 e. The van der Waals surface area contributed by atoms with Gasteiger partial charge in [-0.3, -0.25) is 4.79 Å². The van der Waals surface area contributed by atoms with E-state index >= 15 is 0 Å². The quantitative estimate of drug-likeness (QED) is 0.748. The Hall–Kier alpha value is -2.72. The molecule has 5 heteroatoms. The van der Waals surface area contributed by atoms with Crippen molar-refractivity contribution in [3.05, 3.63) is 70.8 Å². The molecule has 0 saturated heterocycles. The number of carbonyl (C=O) groups excluding carboxylic acids is 1. The topological polar surface area (TPSA) is 38.8 Å². The zero-order valence-electron chi connectivity index (χ0n) is 14.8. The van der Waals surface area contributed by atoms with Gasteiger partial charge in [0.1, 0.15) is 0 Å². The standard InChI is InChI=1S/C21H20ClNO3/c1-14-17-13-20(26-3)19(25-2)12-16(17)10-11-23(14)21(24)9-8-15-6-4-5-7-18(15)22/h4-9,12-13H,1,10-11H2,2-3H3. The van der Waals surface area contributed by atoms with E-state index < -0.39 is 0 Å². The first-order chi connectivity index (χ1) is 12.5. The zero-order chi connectivity index (χ0) is 18.7. The number of ether oxygens (including phenoxy) is 2. The van der Waals surface area contributed by atoms with Gasteiger partial charge in [0.2, 0.25) is 0 Å². The maximum atomic E-state index is 12.7. The van der Waals surface area contributed by atoms with Crippen molar-refractivity contribution in [1.82, 2.24) is 4.90 Å². The van der Waals surface area contributed by atoms with Crippen LogP contribution >= 0.6 is 11.6 Å². The van der Waals surface area contributed by atoms with Gasteiger partial charge in [0.05, 0.1) is 14.2 Å². The number of hydrogen-bond acceptors (Lipinski definition) is 3. The fourth-order valence-corrected chi connectivity index (χ4v) is 3.21. The van der Waals surface area contributed by atoms with Crippen molar-refractivity contribution in [2.45, 2.75) is 6.42 Å². The Morgan fingerprint density at radius 1 is 1.19 bits per heavy atom. The molecule has 1 amide bonds. The van der Waals surface area contributed by atoms with E-state index in [1.807, 2.05) is 30.3 Å². The highest BCUT2D eigenvalue weighted by molar-refractivity contribution is 6.32. The maximum absolute atomic E-state index is 12.7. The minimum absolute atomic E-state index is 0.129. The predicted molar refractivity (Wildman–Crippen MR) is 104 cm³/mol. The number of benzene rings is 2. The first-order valence-electron chi connectivity index (χ1n) is 8.23. The van der Waals surface area contributed by atoms with Crippen LogP contribution < -0.4 is 9.47 Å². The van der Waals surface area contributed by atoms with Crippen molar-refractivity contribution in [1.29, 1.82) is 0 Å². The first kappa shape index (κ1) is 18.1. The lowest BCUT2D eigenvalue weighted by molar-refractivity contribution is -0.123. The Morgan fingerprint density at radius 2 is 1.88 bits per heavy atom. The smallest absolute Gasteiger partial charge is 0.251 e. The van der Waals surface area contributed by atoms with Gasteiger partial charge in [-0.25, -0.2) is 0 Å². The van der Waals surface area contributed by atoms with Gasteiger partial charge in [0.15, 0.2) is 11.5 Å². The van der Waals surface area contributed by atoms with Crippen molar-refractivity contribution in [2.75, 3.05) is 20.8 Å².